The minimum atomic E-state index is -5.19. The molecule has 1 saturated heterocycles. The molecular formula is C25H26F6N2O3S. The average molecular weight is 549 g/mol. The number of rotatable bonds is 7. The Morgan fingerprint density at radius 2 is 1.62 bits per heavy atom. The second-order valence-electron chi connectivity index (χ2n) is 9.56. The zero-order chi connectivity index (χ0) is 27.0. The van der Waals surface area contributed by atoms with Crippen molar-refractivity contribution in [1.82, 2.24) is 10.6 Å². The van der Waals surface area contributed by atoms with Gasteiger partial charge in [-0.3, -0.25) is 4.79 Å². The molecule has 2 aromatic rings. The van der Waals surface area contributed by atoms with Gasteiger partial charge in [0.05, 0.1) is 33.4 Å². The minimum Gasteiger partial charge on any atom is -0.344 e. The molecule has 4 rings (SSSR count). The number of nitrogens with one attached hydrogen (secondary N) is 2. The number of amides is 1. The first kappa shape index (κ1) is 27.4. The van der Waals surface area contributed by atoms with Crippen molar-refractivity contribution in [3.63, 3.8) is 0 Å². The molecule has 1 aliphatic heterocycles. The summed E-state index contributed by atoms with van der Waals surface area (Å²) in [6.45, 7) is 0.610. The summed E-state index contributed by atoms with van der Waals surface area (Å²) in [6.07, 6.45) is -6.22. The summed E-state index contributed by atoms with van der Waals surface area (Å²) in [6, 6.07) is 5.55. The van der Waals surface area contributed by atoms with Gasteiger partial charge >= 0.3 is 12.4 Å². The van der Waals surface area contributed by atoms with Gasteiger partial charge in [0.1, 0.15) is 0 Å². The Labute approximate surface area is 210 Å². The number of hydrogen-bond donors (Lipinski definition) is 2. The molecule has 1 aliphatic carbocycles. The Kier molecular flexibility index (Phi) is 7.62. The van der Waals surface area contributed by atoms with Gasteiger partial charge in [0.2, 0.25) is 0 Å². The van der Waals surface area contributed by atoms with Gasteiger partial charge in [-0.1, -0.05) is 18.6 Å². The molecule has 2 aliphatic rings. The fourth-order valence-corrected chi connectivity index (χ4v) is 6.22. The molecule has 1 amide bonds. The van der Waals surface area contributed by atoms with Crippen LogP contribution < -0.4 is 10.6 Å². The number of halogens is 6. The molecule has 2 fully saturated rings. The molecule has 2 atom stereocenters. The van der Waals surface area contributed by atoms with Gasteiger partial charge in [0.15, 0.2) is 9.84 Å². The number of carbonyl (C=O) groups excluding carboxylic acids is 1. The highest BCUT2D eigenvalue weighted by Crippen LogP contribution is 2.38. The monoisotopic (exact) mass is 548 g/mol. The summed E-state index contributed by atoms with van der Waals surface area (Å²) in [4.78, 5) is 13.2. The van der Waals surface area contributed by atoms with Crippen molar-refractivity contribution in [2.24, 2.45) is 5.92 Å². The fourth-order valence-electron chi connectivity index (χ4n) is 4.53. The van der Waals surface area contributed by atoms with Crippen molar-refractivity contribution in [1.29, 1.82) is 0 Å². The highest BCUT2D eigenvalue weighted by molar-refractivity contribution is 7.91. The lowest BCUT2D eigenvalue weighted by Gasteiger charge is -2.32. The van der Waals surface area contributed by atoms with Crippen LogP contribution in [-0.2, 0) is 22.2 Å². The van der Waals surface area contributed by atoms with Gasteiger partial charge < -0.3 is 10.6 Å². The lowest BCUT2D eigenvalue weighted by molar-refractivity contribution is -0.143. The highest BCUT2D eigenvalue weighted by atomic mass is 32.2. The predicted molar refractivity (Wildman–Crippen MR) is 124 cm³/mol. The van der Waals surface area contributed by atoms with Crippen molar-refractivity contribution in [3.8, 4) is 0 Å². The smallest absolute Gasteiger partial charge is 0.344 e. The van der Waals surface area contributed by atoms with Crippen LogP contribution in [-0.4, -0.2) is 32.7 Å². The molecule has 5 nitrogen and oxygen atoms in total. The van der Waals surface area contributed by atoms with Gasteiger partial charge in [-0.2, -0.15) is 26.3 Å². The van der Waals surface area contributed by atoms with Crippen LogP contribution in [0.2, 0.25) is 0 Å². The van der Waals surface area contributed by atoms with Crippen LogP contribution in [0.3, 0.4) is 0 Å². The predicted octanol–water partition coefficient (Wildman–Crippen LogP) is 5.52. The molecule has 0 bridgehead atoms. The number of benzene rings is 2. The Balaban J connectivity index is 1.64. The van der Waals surface area contributed by atoms with Crippen molar-refractivity contribution < 1.29 is 39.6 Å². The van der Waals surface area contributed by atoms with E-state index in [9.17, 15) is 39.6 Å². The van der Waals surface area contributed by atoms with E-state index in [1.54, 1.807) is 0 Å². The maximum Gasteiger partial charge on any atom is 0.417 e. The fraction of sp³-hybridized carbons (Fsp3) is 0.480. The normalized spacial score (nSPS) is 19.9. The van der Waals surface area contributed by atoms with E-state index < -0.39 is 50.8 Å². The maximum absolute atomic E-state index is 13.6. The molecule has 0 aromatic heterocycles. The number of piperidine rings is 1. The van der Waals surface area contributed by atoms with Crippen LogP contribution >= 0.6 is 0 Å². The molecule has 1 unspecified atom stereocenters. The second-order valence-corrected chi connectivity index (χ2v) is 11.6. The van der Waals surface area contributed by atoms with Crippen LogP contribution in [0.1, 0.15) is 65.2 Å². The second kappa shape index (κ2) is 10.3. The molecule has 0 radical (unpaired) electrons. The van der Waals surface area contributed by atoms with Gasteiger partial charge in [-0.15, -0.1) is 0 Å². The zero-order valence-corrected chi connectivity index (χ0v) is 20.4. The molecule has 37 heavy (non-hydrogen) atoms. The number of carbonyl (C=O) groups is 1. The van der Waals surface area contributed by atoms with E-state index in [1.807, 2.05) is 0 Å². The van der Waals surface area contributed by atoms with E-state index in [2.05, 4.69) is 10.6 Å². The third kappa shape index (κ3) is 6.64. The lowest BCUT2D eigenvalue weighted by atomic mass is 9.92. The van der Waals surface area contributed by atoms with Gasteiger partial charge in [-0.25, -0.2) is 8.42 Å². The third-order valence-corrected chi connectivity index (χ3v) is 8.59. The Morgan fingerprint density at radius 3 is 2.16 bits per heavy atom. The largest absolute Gasteiger partial charge is 0.417 e. The van der Waals surface area contributed by atoms with E-state index in [-0.39, 0.29) is 28.7 Å². The highest BCUT2D eigenvalue weighted by Gasteiger charge is 2.40. The lowest BCUT2D eigenvalue weighted by Crippen LogP contribution is -2.46. The minimum absolute atomic E-state index is 0.0465. The SMILES string of the molecule is O=C(N[C@H](c1ccc(S(=O)(=O)CC2CC2)cc1)C1CCCCN1)c1ccc(C(F)(F)F)cc1C(F)(F)F. The van der Waals surface area contributed by atoms with Crippen LogP contribution in [0.5, 0.6) is 0 Å². The van der Waals surface area contributed by atoms with E-state index in [0.717, 1.165) is 25.7 Å². The Bertz CT molecular complexity index is 1230. The first-order chi connectivity index (χ1) is 17.3. The van der Waals surface area contributed by atoms with Gasteiger partial charge in [0, 0.05) is 6.04 Å². The molecule has 2 N–H and O–H groups in total. The van der Waals surface area contributed by atoms with Crippen LogP contribution in [0.15, 0.2) is 47.4 Å². The molecule has 12 heteroatoms. The molecule has 0 spiro atoms. The summed E-state index contributed by atoms with van der Waals surface area (Å²) >= 11 is 0. The van der Waals surface area contributed by atoms with E-state index in [0.29, 0.717) is 30.7 Å². The van der Waals surface area contributed by atoms with Gasteiger partial charge in [0.25, 0.3) is 5.91 Å². The first-order valence-electron chi connectivity index (χ1n) is 11.9. The molecule has 2 aromatic carbocycles. The summed E-state index contributed by atoms with van der Waals surface area (Å²) < 4.78 is 105. The van der Waals surface area contributed by atoms with E-state index in [4.69, 9.17) is 0 Å². The molecule has 202 valence electrons. The standard InChI is InChI=1S/C25H26F6N2O3S/c26-24(27,28)17-8-11-19(20(13-17)25(29,30)31)23(34)33-22(21-3-1-2-12-32-21)16-6-9-18(10-7-16)37(35,36)14-15-4-5-15/h6-11,13,15,21-22,32H,1-5,12,14H2,(H,33,34)/t21?,22-/m1/s1. The van der Waals surface area contributed by atoms with Crippen molar-refractivity contribution >= 4 is 15.7 Å². The van der Waals surface area contributed by atoms with Crippen LogP contribution in [0.25, 0.3) is 0 Å². The quantitative estimate of drug-likeness (QED) is 0.447. The van der Waals surface area contributed by atoms with Crippen molar-refractivity contribution in [3.05, 3.63) is 64.7 Å². The first-order valence-corrected chi connectivity index (χ1v) is 13.6. The number of hydrogen-bond acceptors (Lipinski definition) is 4. The van der Waals surface area contributed by atoms with Gasteiger partial charge in [-0.05, 0) is 74.0 Å². The van der Waals surface area contributed by atoms with E-state index >= 15 is 0 Å². The van der Waals surface area contributed by atoms with E-state index in [1.165, 1.54) is 24.3 Å². The van der Waals surface area contributed by atoms with Crippen molar-refractivity contribution in [2.75, 3.05) is 12.3 Å². The summed E-state index contributed by atoms with van der Waals surface area (Å²) in [7, 11) is -3.49. The Morgan fingerprint density at radius 1 is 0.946 bits per heavy atom. The summed E-state index contributed by atoms with van der Waals surface area (Å²) in [5.41, 5.74) is -3.65. The van der Waals surface area contributed by atoms with Crippen molar-refractivity contribution in [2.45, 2.75) is 61.4 Å². The van der Waals surface area contributed by atoms with Crippen LogP contribution in [0, 0.1) is 5.92 Å². The summed E-state index contributed by atoms with van der Waals surface area (Å²) in [5, 5.41) is 5.78. The number of alkyl halides is 6. The summed E-state index contributed by atoms with van der Waals surface area (Å²) in [5.74, 6) is -0.983. The topological polar surface area (TPSA) is 75.3 Å². The Hall–Kier alpha value is -2.60. The molecule has 1 heterocycles. The number of sulfone groups is 1. The average Bonchev–Trinajstić information content (AvgIpc) is 3.65. The molecular weight excluding hydrogens is 522 g/mol. The molecule has 1 saturated carbocycles. The zero-order valence-electron chi connectivity index (χ0n) is 19.6. The van der Waals surface area contributed by atoms with Crippen LogP contribution in [0.4, 0.5) is 26.3 Å². The third-order valence-electron chi connectivity index (χ3n) is 6.68. The maximum atomic E-state index is 13.6.